The number of aromatic nitrogens is 1. The van der Waals surface area contributed by atoms with Crippen LogP contribution in [0.1, 0.15) is 0 Å². The topological polar surface area (TPSA) is 163 Å². The van der Waals surface area contributed by atoms with Crippen molar-refractivity contribution in [1.29, 1.82) is 0 Å². The van der Waals surface area contributed by atoms with Gasteiger partial charge in [0.1, 0.15) is 24.1 Å². The van der Waals surface area contributed by atoms with E-state index in [-0.39, 0.29) is 0 Å². The first-order chi connectivity index (χ1) is 10.8. The Kier molecular flexibility index (Phi) is 5.19. The highest BCUT2D eigenvalue weighted by Crippen LogP contribution is 2.22. The Balaban J connectivity index is 0.000000172. The molecule has 0 aliphatic carbocycles. The predicted molar refractivity (Wildman–Crippen MR) is 76.5 cm³/mol. The minimum absolute atomic E-state index is 0.315. The van der Waals surface area contributed by atoms with E-state index in [1.54, 1.807) is 6.20 Å². The Labute approximate surface area is 130 Å². The summed E-state index contributed by atoms with van der Waals surface area (Å²) in [6.07, 6.45) is -7.13. The number of carbonyl (C=O) groups is 1. The molecule has 0 radical (unpaired) electrons. The maximum atomic E-state index is 10.4. The van der Waals surface area contributed by atoms with Gasteiger partial charge in [0.05, 0.1) is 0 Å². The molecule has 0 amide bonds. The number of nitrogens with one attached hydrogen (secondary N) is 1. The highest BCUT2D eigenvalue weighted by Gasteiger charge is 2.46. The number of fused-ring (bicyclic) bond motifs is 1. The first-order valence-corrected chi connectivity index (χ1v) is 6.68. The van der Waals surface area contributed by atoms with Crippen LogP contribution >= 0.6 is 0 Å². The molecule has 1 saturated heterocycles. The maximum Gasteiger partial charge on any atom is 0.335 e. The van der Waals surface area contributed by atoms with E-state index in [2.05, 4.69) is 9.72 Å². The fourth-order valence-electron chi connectivity index (χ4n) is 2.12. The number of hydrogen-bond acceptors (Lipinski definition) is 7. The van der Waals surface area contributed by atoms with Gasteiger partial charge in [0.2, 0.25) is 0 Å². The second-order valence-corrected chi connectivity index (χ2v) is 4.98. The van der Waals surface area contributed by atoms with Crippen LogP contribution in [0.25, 0.3) is 10.9 Å². The number of aromatic hydroxyl groups is 1. The minimum atomic E-state index is -1.81. The third-order valence-electron chi connectivity index (χ3n) is 3.40. The third-order valence-corrected chi connectivity index (χ3v) is 3.40. The van der Waals surface area contributed by atoms with Crippen molar-refractivity contribution in [2.75, 3.05) is 0 Å². The smallest absolute Gasteiger partial charge is 0.335 e. The molecule has 1 aromatic carbocycles. The van der Waals surface area contributed by atoms with E-state index in [9.17, 15) is 9.90 Å². The number of benzene rings is 1. The molecule has 3 rings (SSSR count). The molecule has 5 atom stereocenters. The number of aliphatic hydroxyl groups is 4. The minimum Gasteiger partial charge on any atom is -0.506 e. The van der Waals surface area contributed by atoms with Crippen LogP contribution in [0.3, 0.4) is 0 Å². The van der Waals surface area contributed by atoms with Gasteiger partial charge in [-0.25, -0.2) is 4.79 Å². The van der Waals surface area contributed by atoms with E-state index < -0.39 is 36.7 Å². The number of carboxylic acids is 1. The number of ether oxygens (including phenoxy) is 1. The number of aliphatic hydroxyl groups excluding tert-OH is 4. The summed E-state index contributed by atoms with van der Waals surface area (Å²) in [5.74, 6) is -1.20. The van der Waals surface area contributed by atoms with E-state index in [1.807, 2.05) is 24.3 Å². The highest BCUT2D eigenvalue weighted by atomic mass is 16.6. The Hall–Kier alpha value is -2.17. The predicted octanol–water partition coefficient (Wildman–Crippen LogP) is -1.26. The second-order valence-electron chi connectivity index (χ2n) is 4.98. The molecule has 1 aromatic heterocycles. The highest BCUT2D eigenvalue weighted by molar-refractivity contribution is 5.85. The van der Waals surface area contributed by atoms with Crippen molar-refractivity contribution in [1.82, 2.24) is 4.98 Å². The molecular weight excluding hydrogens is 310 g/mol. The molecule has 2 aromatic rings. The van der Waals surface area contributed by atoms with Crippen molar-refractivity contribution in [3.05, 3.63) is 30.5 Å². The quantitative estimate of drug-likeness (QED) is 0.341. The van der Waals surface area contributed by atoms with E-state index in [0.29, 0.717) is 5.75 Å². The lowest BCUT2D eigenvalue weighted by Gasteiger charge is -2.36. The fourth-order valence-corrected chi connectivity index (χ4v) is 2.12. The molecule has 126 valence electrons. The molecule has 1 aliphatic heterocycles. The van der Waals surface area contributed by atoms with Gasteiger partial charge < -0.3 is 40.4 Å². The van der Waals surface area contributed by atoms with Crippen LogP contribution in [0, 0.1) is 0 Å². The lowest BCUT2D eigenvalue weighted by atomic mass is 9.99. The molecule has 2 heterocycles. The summed E-state index contributed by atoms with van der Waals surface area (Å²) < 4.78 is 4.34. The first-order valence-electron chi connectivity index (χ1n) is 6.68. The van der Waals surface area contributed by atoms with E-state index in [0.717, 1.165) is 10.9 Å². The molecule has 0 unspecified atom stereocenters. The summed E-state index contributed by atoms with van der Waals surface area (Å²) in [7, 11) is 0. The number of hydrogen-bond donors (Lipinski definition) is 7. The molecule has 1 fully saturated rings. The summed E-state index contributed by atoms with van der Waals surface area (Å²) >= 11 is 0. The van der Waals surface area contributed by atoms with Crippen LogP contribution < -0.4 is 0 Å². The van der Waals surface area contributed by atoms with Crippen LogP contribution in [-0.2, 0) is 9.53 Å². The van der Waals surface area contributed by atoms with Crippen molar-refractivity contribution in [3.63, 3.8) is 0 Å². The van der Waals surface area contributed by atoms with Crippen molar-refractivity contribution in [3.8, 4) is 5.75 Å². The Morgan fingerprint density at radius 1 is 1.04 bits per heavy atom. The molecule has 7 N–H and O–H groups in total. The molecule has 0 spiro atoms. The molecule has 9 heteroatoms. The van der Waals surface area contributed by atoms with Crippen molar-refractivity contribution >= 4 is 16.9 Å². The van der Waals surface area contributed by atoms with E-state index >= 15 is 0 Å². The lowest BCUT2D eigenvalue weighted by Crippen LogP contribution is -2.59. The average Bonchev–Trinajstić information content (AvgIpc) is 2.91. The van der Waals surface area contributed by atoms with Crippen molar-refractivity contribution in [2.24, 2.45) is 0 Å². The Bertz CT molecular complexity index is 672. The number of H-pyrrole nitrogens is 1. The van der Waals surface area contributed by atoms with Gasteiger partial charge in [-0.15, -0.1) is 0 Å². The summed E-state index contributed by atoms with van der Waals surface area (Å²) in [4.78, 5) is 13.3. The molecular formula is C14H17NO8. The number of aromatic amines is 1. The summed E-state index contributed by atoms with van der Waals surface area (Å²) in [5, 5.41) is 54.4. The molecule has 9 nitrogen and oxygen atoms in total. The second kappa shape index (κ2) is 6.94. The largest absolute Gasteiger partial charge is 0.506 e. The monoisotopic (exact) mass is 327 g/mol. The van der Waals surface area contributed by atoms with Crippen molar-refractivity contribution in [2.45, 2.75) is 30.7 Å². The molecule has 0 saturated carbocycles. The van der Waals surface area contributed by atoms with Gasteiger partial charge in [-0.1, -0.05) is 12.1 Å². The summed E-state index contributed by atoms with van der Waals surface area (Å²) in [5.41, 5.74) is 0.972. The normalized spacial score (nSPS) is 30.5. The fraction of sp³-hybridized carbons (Fsp3) is 0.357. The third kappa shape index (κ3) is 3.60. The molecule has 23 heavy (non-hydrogen) atoms. The molecule has 1 aliphatic rings. The van der Waals surface area contributed by atoms with Crippen LogP contribution in [0.5, 0.6) is 5.75 Å². The zero-order valence-corrected chi connectivity index (χ0v) is 11.8. The Morgan fingerprint density at radius 2 is 1.70 bits per heavy atom. The van der Waals surface area contributed by atoms with E-state index in [1.165, 1.54) is 0 Å². The summed E-state index contributed by atoms with van der Waals surface area (Å²) in [6.45, 7) is 0. The van der Waals surface area contributed by atoms with Gasteiger partial charge >= 0.3 is 5.97 Å². The zero-order chi connectivity index (χ0) is 17.1. The SMILES string of the molecule is O=C(O)[C@H]1O[C@@H](O)[C@H](O)[C@@H](O)[C@@H]1O.Oc1c[nH]c2ccccc12. The van der Waals surface area contributed by atoms with Crippen LogP contribution in [-0.4, -0.2) is 72.3 Å². The van der Waals surface area contributed by atoms with E-state index in [4.69, 9.17) is 25.5 Å². The number of aliphatic carboxylic acids is 1. The van der Waals surface area contributed by atoms with Gasteiger partial charge in [0.15, 0.2) is 12.4 Å². The van der Waals surface area contributed by atoms with Crippen LogP contribution in [0.4, 0.5) is 0 Å². The van der Waals surface area contributed by atoms with Gasteiger partial charge in [0.25, 0.3) is 0 Å². The van der Waals surface area contributed by atoms with Crippen LogP contribution in [0.2, 0.25) is 0 Å². The van der Waals surface area contributed by atoms with Gasteiger partial charge in [-0.2, -0.15) is 0 Å². The first kappa shape index (κ1) is 17.2. The Morgan fingerprint density at radius 3 is 2.30 bits per heavy atom. The van der Waals surface area contributed by atoms with Gasteiger partial charge in [-0.05, 0) is 12.1 Å². The van der Waals surface area contributed by atoms with Gasteiger partial charge in [-0.3, -0.25) is 0 Å². The standard InChI is InChI=1S/C8H7NO.C6H10O7/c10-8-5-9-7-4-2-1-3-6(7)8;7-1-2(8)4(5(10)11)13-6(12)3(1)9/h1-5,9-10H;1-4,6-9,12H,(H,10,11)/t;1-,2-,3+,4-,6+/m.0/s1. The average molecular weight is 327 g/mol. The maximum absolute atomic E-state index is 10.4. The number of para-hydroxylation sites is 1. The number of carboxylic acid groups (broad SMARTS) is 1. The number of rotatable bonds is 1. The lowest BCUT2D eigenvalue weighted by molar-refractivity contribution is -0.279. The van der Waals surface area contributed by atoms with Crippen LogP contribution in [0.15, 0.2) is 30.5 Å². The molecule has 0 bridgehead atoms. The van der Waals surface area contributed by atoms with Crippen molar-refractivity contribution < 1.29 is 40.2 Å². The summed E-state index contributed by atoms with van der Waals surface area (Å²) in [6, 6.07) is 7.63. The zero-order valence-electron chi connectivity index (χ0n) is 11.8. The van der Waals surface area contributed by atoms with Gasteiger partial charge in [0, 0.05) is 17.1 Å².